The number of hydrazine groups is 1. The van der Waals surface area contributed by atoms with Gasteiger partial charge in [-0.15, -0.1) is 0 Å². The zero-order chi connectivity index (χ0) is 26.9. The molecule has 3 aromatic rings. The third kappa shape index (κ3) is 5.47. The zero-order valence-corrected chi connectivity index (χ0v) is 22.9. The first kappa shape index (κ1) is 26.0. The Labute approximate surface area is 224 Å². The lowest BCUT2D eigenvalue weighted by Crippen LogP contribution is -2.36. The van der Waals surface area contributed by atoms with Crippen LogP contribution >= 0.6 is 0 Å². The molecule has 200 valence electrons. The molecule has 2 aromatic heterocycles. The normalized spacial score (nSPS) is 18.0. The van der Waals surface area contributed by atoms with E-state index in [0.717, 1.165) is 61.0 Å². The number of pyridine rings is 1. The van der Waals surface area contributed by atoms with Crippen molar-refractivity contribution >= 4 is 28.5 Å². The number of carbonyl (C=O) groups excluding carboxylic acids is 1. The summed E-state index contributed by atoms with van der Waals surface area (Å²) in [4.78, 5) is 19.8. The number of ether oxygens (including phenoxy) is 1. The van der Waals surface area contributed by atoms with Crippen molar-refractivity contribution in [2.24, 2.45) is 0 Å². The molecule has 0 bridgehead atoms. The van der Waals surface area contributed by atoms with Crippen LogP contribution in [0.3, 0.4) is 0 Å². The summed E-state index contributed by atoms with van der Waals surface area (Å²) in [5.74, 6) is 0.819. The number of hydrogen-bond acceptors (Lipinski definition) is 7. The summed E-state index contributed by atoms with van der Waals surface area (Å²) in [6.45, 7) is 13.6. The lowest BCUT2D eigenvalue weighted by Gasteiger charge is -2.29. The minimum Gasteiger partial charge on any atom is -0.455 e. The van der Waals surface area contributed by atoms with E-state index in [1.807, 2.05) is 36.7 Å². The first-order chi connectivity index (χ1) is 18.2. The van der Waals surface area contributed by atoms with E-state index in [0.29, 0.717) is 11.4 Å². The molecule has 0 saturated carbocycles. The Hall–Kier alpha value is -3.62. The lowest BCUT2D eigenvalue weighted by atomic mass is 9.94. The van der Waals surface area contributed by atoms with Gasteiger partial charge in [-0.3, -0.25) is 14.8 Å². The average molecular weight is 516 g/mol. The standard InChI is InChI=1S/C30H37N5O3/c1-6-25-24(21-15-23(18-31-17-21)34-11-13-37-14-12-34)19-35(33-25)26-16-22(8-7-20(26)2)32-29(36)27-9-10-28(38-27)30(3,4)5/h7-10,15-19,25,33H,6,11-14H2,1-5H3,(H,32,36). The van der Waals surface area contributed by atoms with Gasteiger partial charge in [0.25, 0.3) is 5.91 Å². The third-order valence-electron chi connectivity index (χ3n) is 7.08. The molecule has 1 fully saturated rings. The average Bonchev–Trinajstić information content (AvgIpc) is 3.59. The molecule has 2 aliphatic heterocycles. The Balaban J connectivity index is 1.38. The van der Waals surface area contributed by atoms with Gasteiger partial charge in [-0.05, 0) is 54.8 Å². The maximum atomic E-state index is 12.9. The molecule has 1 amide bonds. The molecule has 2 aliphatic rings. The third-order valence-corrected chi connectivity index (χ3v) is 7.08. The molecule has 1 aromatic carbocycles. The summed E-state index contributed by atoms with van der Waals surface area (Å²) < 4.78 is 11.3. The van der Waals surface area contributed by atoms with Crippen LogP contribution < -0.4 is 20.7 Å². The maximum Gasteiger partial charge on any atom is 0.291 e. The van der Waals surface area contributed by atoms with Crippen LogP contribution in [0.15, 0.2) is 59.4 Å². The van der Waals surface area contributed by atoms with E-state index in [4.69, 9.17) is 9.15 Å². The van der Waals surface area contributed by atoms with Gasteiger partial charge in [0.2, 0.25) is 0 Å². The molecule has 4 heterocycles. The van der Waals surface area contributed by atoms with Gasteiger partial charge in [0.15, 0.2) is 5.76 Å². The highest BCUT2D eigenvalue weighted by atomic mass is 16.5. The number of morpholine rings is 1. The molecular weight excluding hydrogens is 478 g/mol. The summed E-state index contributed by atoms with van der Waals surface area (Å²) in [5, 5.41) is 5.05. The Morgan fingerprint density at radius 1 is 1.13 bits per heavy atom. The van der Waals surface area contributed by atoms with Gasteiger partial charge in [-0.25, -0.2) is 5.43 Å². The van der Waals surface area contributed by atoms with Crippen molar-refractivity contribution in [1.82, 2.24) is 10.4 Å². The Morgan fingerprint density at radius 3 is 2.63 bits per heavy atom. The molecule has 5 rings (SSSR count). The van der Waals surface area contributed by atoms with Crippen LogP contribution in [0.25, 0.3) is 5.57 Å². The van der Waals surface area contributed by atoms with Gasteiger partial charge in [-0.2, -0.15) is 0 Å². The number of nitrogens with one attached hydrogen (secondary N) is 2. The molecule has 1 saturated heterocycles. The number of aryl methyl sites for hydroxylation is 1. The van der Waals surface area contributed by atoms with Crippen LogP contribution in [-0.2, 0) is 10.2 Å². The largest absolute Gasteiger partial charge is 0.455 e. The number of hydrogen-bond donors (Lipinski definition) is 2. The van der Waals surface area contributed by atoms with Crippen LogP contribution in [0.2, 0.25) is 0 Å². The van der Waals surface area contributed by atoms with Gasteiger partial charge >= 0.3 is 0 Å². The summed E-state index contributed by atoms with van der Waals surface area (Å²) >= 11 is 0. The van der Waals surface area contributed by atoms with E-state index in [9.17, 15) is 4.79 Å². The number of rotatable bonds is 6. The fourth-order valence-corrected chi connectivity index (χ4v) is 4.81. The highest BCUT2D eigenvalue weighted by Crippen LogP contribution is 2.33. The Morgan fingerprint density at radius 2 is 1.92 bits per heavy atom. The predicted molar refractivity (Wildman–Crippen MR) is 151 cm³/mol. The van der Waals surface area contributed by atoms with Crippen molar-refractivity contribution in [3.63, 3.8) is 0 Å². The summed E-state index contributed by atoms with van der Waals surface area (Å²) in [5.41, 5.74) is 9.65. The second-order valence-corrected chi connectivity index (χ2v) is 10.9. The zero-order valence-electron chi connectivity index (χ0n) is 22.9. The van der Waals surface area contributed by atoms with Crippen LogP contribution in [0.5, 0.6) is 0 Å². The van der Waals surface area contributed by atoms with Crippen molar-refractivity contribution in [1.29, 1.82) is 0 Å². The van der Waals surface area contributed by atoms with Crippen LogP contribution in [-0.4, -0.2) is 43.2 Å². The van der Waals surface area contributed by atoms with Crippen LogP contribution in [0.1, 0.15) is 61.6 Å². The molecular formula is C30H37N5O3. The van der Waals surface area contributed by atoms with E-state index >= 15 is 0 Å². The van der Waals surface area contributed by atoms with Gasteiger partial charge in [0.05, 0.1) is 36.8 Å². The minimum atomic E-state index is -0.265. The molecule has 0 spiro atoms. The van der Waals surface area contributed by atoms with E-state index in [2.05, 4.69) is 72.5 Å². The topological polar surface area (TPSA) is 82.9 Å². The van der Waals surface area contributed by atoms with Gasteiger partial charge in [0, 0.05) is 42.2 Å². The first-order valence-electron chi connectivity index (χ1n) is 13.3. The molecule has 8 heteroatoms. The number of amides is 1. The summed E-state index contributed by atoms with van der Waals surface area (Å²) in [6.07, 6.45) is 6.93. The number of aromatic nitrogens is 1. The summed E-state index contributed by atoms with van der Waals surface area (Å²) in [7, 11) is 0. The fraction of sp³-hybridized carbons (Fsp3) is 0.400. The van der Waals surface area contributed by atoms with E-state index in [1.165, 1.54) is 5.57 Å². The second kappa shape index (κ2) is 10.6. The maximum absolute atomic E-state index is 12.9. The molecule has 38 heavy (non-hydrogen) atoms. The van der Waals surface area contributed by atoms with Crippen LogP contribution in [0, 0.1) is 6.92 Å². The first-order valence-corrected chi connectivity index (χ1v) is 13.3. The Kier molecular flexibility index (Phi) is 7.27. The van der Waals surface area contributed by atoms with Crippen LogP contribution in [0.4, 0.5) is 17.1 Å². The van der Waals surface area contributed by atoms with E-state index in [-0.39, 0.29) is 17.4 Å². The smallest absolute Gasteiger partial charge is 0.291 e. The molecule has 0 aliphatic carbocycles. The second-order valence-electron chi connectivity index (χ2n) is 10.9. The molecule has 0 radical (unpaired) electrons. The van der Waals surface area contributed by atoms with E-state index < -0.39 is 0 Å². The van der Waals surface area contributed by atoms with Crippen molar-refractivity contribution in [2.45, 2.75) is 52.5 Å². The predicted octanol–water partition coefficient (Wildman–Crippen LogP) is 5.51. The van der Waals surface area contributed by atoms with Crippen molar-refractivity contribution < 1.29 is 13.9 Å². The SMILES string of the molecule is CCC1NN(c2cc(NC(=O)c3ccc(C(C)(C)C)o3)ccc2C)C=C1c1cncc(N2CCOCC2)c1. The van der Waals surface area contributed by atoms with Gasteiger partial charge in [0.1, 0.15) is 5.76 Å². The Bertz CT molecular complexity index is 1330. The highest BCUT2D eigenvalue weighted by molar-refractivity contribution is 6.02. The molecule has 1 unspecified atom stereocenters. The monoisotopic (exact) mass is 515 g/mol. The van der Waals surface area contributed by atoms with Gasteiger partial charge < -0.3 is 19.4 Å². The number of furan rings is 1. The minimum absolute atomic E-state index is 0.147. The number of anilines is 3. The fourth-order valence-electron chi connectivity index (χ4n) is 4.81. The molecule has 8 nitrogen and oxygen atoms in total. The number of nitrogens with zero attached hydrogens (tertiary/aromatic N) is 3. The summed E-state index contributed by atoms with van der Waals surface area (Å²) in [6, 6.07) is 11.9. The number of carbonyl (C=O) groups is 1. The van der Waals surface area contributed by atoms with E-state index in [1.54, 1.807) is 6.07 Å². The lowest BCUT2D eigenvalue weighted by molar-refractivity contribution is 0.0993. The highest BCUT2D eigenvalue weighted by Gasteiger charge is 2.27. The molecule has 1 atom stereocenters. The van der Waals surface area contributed by atoms with Crippen molar-refractivity contribution in [2.75, 3.05) is 41.5 Å². The van der Waals surface area contributed by atoms with Crippen molar-refractivity contribution in [3.8, 4) is 0 Å². The molecule has 2 N–H and O–H groups in total. The quantitative estimate of drug-likeness (QED) is 0.448. The van der Waals surface area contributed by atoms with Crippen molar-refractivity contribution in [3.05, 3.63) is 77.6 Å². The van der Waals surface area contributed by atoms with Gasteiger partial charge in [-0.1, -0.05) is 33.8 Å². The number of benzene rings is 1.